The van der Waals surface area contributed by atoms with Crippen molar-refractivity contribution in [1.82, 2.24) is 5.32 Å². The molecule has 3 N–H and O–H groups in total. The quantitative estimate of drug-likeness (QED) is 0.511. The van der Waals surface area contributed by atoms with E-state index in [2.05, 4.69) is 0 Å². The number of benzene rings is 1. The lowest BCUT2D eigenvalue weighted by Crippen LogP contribution is -2.42. The van der Waals surface area contributed by atoms with Gasteiger partial charge in [0.1, 0.15) is 0 Å². The molecule has 1 unspecified atom stereocenters. The number of nitrogens with two attached hydrogens (primary N) is 1. The van der Waals surface area contributed by atoms with Gasteiger partial charge in [-0.25, -0.2) is 9.59 Å². The van der Waals surface area contributed by atoms with Crippen LogP contribution in [0.3, 0.4) is 0 Å². The summed E-state index contributed by atoms with van der Waals surface area (Å²) < 4.78 is 16.0. The molecule has 0 aromatic heterocycles. The van der Waals surface area contributed by atoms with Crippen LogP contribution < -0.4 is 20.5 Å². The maximum atomic E-state index is 11.8. The number of urea groups is 1. The second-order valence-electron chi connectivity index (χ2n) is 5.25. The van der Waals surface area contributed by atoms with Crippen molar-refractivity contribution >= 4 is 24.0 Å². The van der Waals surface area contributed by atoms with Crippen LogP contribution in [0.4, 0.5) is 4.79 Å². The van der Waals surface area contributed by atoms with Crippen LogP contribution in [0.5, 0.6) is 11.5 Å². The van der Waals surface area contributed by atoms with Gasteiger partial charge in [-0.15, -0.1) is 0 Å². The summed E-state index contributed by atoms with van der Waals surface area (Å²) in [5, 5.41) is 1.83. The van der Waals surface area contributed by atoms with E-state index >= 15 is 0 Å². The normalized spacial score (nSPS) is 11.7. The lowest BCUT2D eigenvalue weighted by atomic mass is 10.2. The molecule has 1 aromatic rings. The van der Waals surface area contributed by atoms with E-state index in [-0.39, 0.29) is 0 Å². The van der Waals surface area contributed by atoms with Crippen molar-refractivity contribution in [3.63, 3.8) is 0 Å². The number of esters is 1. The molecule has 0 fully saturated rings. The molecular weight excluding hydrogens is 340 g/mol. The molecule has 1 aromatic carbocycles. The van der Waals surface area contributed by atoms with E-state index in [0.29, 0.717) is 30.3 Å². The fourth-order valence-electron chi connectivity index (χ4n) is 1.88. The number of hydrogen-bond donors (Lipinski definition) is 2. The molecule has 0 saturated carbocycles. The van der Waals surface area contributed by atoms with Crippen molar-refractivity contribution in [2.45, 2.75) is 33.3 Å². The molecule has 1 atom stereocenters. The highest BCUT2D eigenvalue weighted by atomic mass is 16.5. The van der Waals surface area contributed by atoms with Gasteiger partial charge in [0, 0.05) is 6.08 Å². The Kier molecular flexibility index (Phi) is 8.69. The molecule has 8 nitrogen and oxygen atoms in total. The largest absolute Gasteiger partial charge is 0.490 e. The molecule has 1 rings (SSSR count). The summed E-state index contributed by atoms with van der Waals surface area (Å²) in [5.74, 6) is -0.326. The first kappa shape index (κ1) is 21.0. The van der Waals surface area contributed by atoms with Crippen LogP contribution in [0.25, 0.3) is 6.08 Å². The monoisotopic (exact) mass is 364 g/mol. The second-order valence-corrected chi connectivity index (χ2v) is 5.25. The van der Waals surface area contributed by atoms with Crippen LogP contribution in [-0.4, -0.2) is 37.2 Å². The maximum absolute atomic E-state index is 11.8. The average molecular weight is 364 g/mol. The van der Waals surface area contributed by atoms with Crippen LogP contribution in [-0.2, 0) is 14.3 Å². The minimum absolute atomic E-state index is 0.476. The molecule has 0 saturated heterocycles. The van der Waals surface area contributed by atoms with Crippen LogP contribution in [0.15, 0.2) is 24.3 Å². The molecule has 0 aliphatic heterocycles. The van der Waals surface area contributed by atoms with Crippen molar-refractivity contribution < 1.29 is 28.6 Å². The van der Waals surface area contributed by atoms with Gasteiger partial charge in [-0.1, -0.05) is 13.0 Å². The third kappa shape index (κ3) is 7.25. The summed E-state index contributed by atoms with van der Waals surface area (Å²) in [4.78, 5) is 33.8. The predicted molar refractivity (Wildman–Crippen MR) is 95.7 cm³/mol. The minimum Gasteiger partial charge on any atom is -0.490 e. The fourth-order valence-corrected chi connectivity index (χ4v) is 1.88. The predicted octanol–water partition coefficient (Wildman–Crippen LogP) is 2.01. The molecule has 0 spiro atoms. The number of imide groups is 1. The number of carbonyl (C=O) groups excluding carboxylic acids is 3. The Bertz CT molecular complexity index is 672. The Morgan fingerprint density at radius 3 is 2.54 bits per heavy atom. The van der Waals surface area contributed by atoms with Gasteiger partial charge in [-0.05, 0) is 44.0 Å². The number of carbonyl (C=O) groups is 3. The van der Waals surface area contributed by atoms with E-state index in [0.717, 1.165) is 6.42 Å². The first-order valence-corrected chi connectivity index (χ1v) is 8.26. The molecule has 3 amide bonds. The van der Waals surface area contributed by atoms with E-state index in [4.69, 9.17) is 19.9 Å². The number of rotatable bonds is 9. The smallest absolute Gasteiger partial charge is 0.331 e. The van der Waals surface area contributed by atoms with Crippen LogP contribution >= 0.6 is 0 Å². The standard InChI is InChI=1S/C18H24N2O6/c1-4-10-25-14-8-6-13(11-15(14)24-5-2)7-9-16(21)26-12(3)17(22)20-18(19)23/h6-9,11-12H,4-5,10H2,1-3H3,(H3,19,20,22,23). The van der Waals surface area contributed by atoms with Gasteiger partial charge < -0.3 is 19.9 Å². The summed E-state index contributed by atoms with van der Waals surface area (Å²) in [6, 6.07) is 4.25. The molecule has 0 aliphatic rings. The van der Waals surface area contributed by atoms with Gasteiger partial charge in [0.15, 0.2) is 17.6 Å². The zero-order valence-corrected chi connectivity index (χ0v) is 15.1. The Hall–Kier alpha value is -3.03. The second kappa shape index (κ2) is 10.8. The van der Waals surface area contributed by atoms with Crippen LogP contribution in [0.1, 0.15) is 32.8 Å². The SMILES string of the molecule is CCCOc1ccc(C=CC(=O)OC(C)C(=O)NC(N)=O)cc1OCC. The summed E-state index contributed by atoms with van der Waals surface area (Å²) in [7, 11) is 0. The zero-order valence-electron chi connectivity index (χ0n) is 15.1. The van der Waals surface area contributed by atoms with Gasteiger partial charge in [-0.3, -0.25) is 10.1 Å². The van der Waals surface area contributed by atoms with E-state index in [1.807, 2.05) is 19.2 Å². The molecule has 0 bridgehead atoms. The third-order valence-electron chi connectivity index (χ3n) is 3.05. The highest BCUT2D eigenvalue weighted by Gasteiger charge is 2.17. The highest BCUT2D eigenvalue weighted by molar-refractivity contribution is 5.97. The van der Waals surface area contributed by atoms with E-state index in [1.165, 1.54) is 19.1 Å². The highest BCUT2D eigenvalue weighted by Crippen LogP contribution is 2.29. The van der Waals surface area contributed by atoms with Gasteiger partial charge >= 0.3 is 12.0 Å². The summed E-state index contributed by atoms with van der Waals surface area (Å²) >= 11 is 0. The molecule has 8 heteroatoms. The van der Waals surface area contributed by atoms with Gasteiger partial charge in [0.2, 0.25) is 0 Å². The van der Waals surface area contributed by atoms with Crippen LogP contribution in [0.2, 0.25) is 0 Å². The first-order chi connectivity index (χ1) is 12.4. The lowest BCUT2D eigenvalue weighted by Gasteiger charge is -2.12. The number of amides is 3. The van der Waals surface area contributed by atoms with Crippen molar-refractivity contribution in [2.75, 3.05) is 13.2 Å². The summed E-state index contributed by atoms with van der Waals surface area (Å²) in [6.45, 7) is 6.25. The minimum atomic E-state index is -1.15. The molecule has 0 radical (unpaired) electrons. The number of nitrogens with one attached hydrogen (secondary N) is 1. The maximum Gasteiger partial charge on any atom is 0.331 e. The summed E-state index contributed by atoms with van der Waals surface area (Å²) in [5.41, 5.74) is 5.53. The van der Waals surface area contributed by atoms with Crippen molar-refractivity contribution in [3.8, 4) is 11.5 Å². The van der Waals surface area contributed by atoms with Crippen LogP contribution in [0, 0.1) is 0 Å². The van der Waals surface area contributed by atoms with E-state index < -0.39 is 24.0 Å². The number of hydrogen-bond acceptors (Lipinski definition) is 6. The fraction of sp³-hybridized carbons (Fsp3) is 0.389. The number of primary amides is 1. The van der Waals surface area contributed by atoms with Crippen molar-refractivity contribution in [1.29, 1.82) is 0 Å². The van der Waals surface area contributed by atoms with E-state index in [1.54, 1.807) is 18.2 Å². The van der Waals surface area contributed by atoms with Gasteiger partial charge in [0.05, 0.1) is 13.2 Å². The molecule has 26 heavy (non-hydrogen) atoms. The molecular formula is C18H24N2O6. The molecule has 0 heterocycles. The molecule has 142 valence electrons. The first-order valence-electron chi connectivity index (χ1n) is 8.26. The Balaban J connectivity index is 2.74. The summed E-state index contributed by atoms with van der Waals surface area (Å²) in [6.07, 6.45) is 2.42. The van der Waals surface area contributed by atoms with Gasteiger partial charge in [-0.2, -0.15) is 0 Å². The van der Waals surface area contributed by atoms with Gasteiger partial charge in [0.25, 0.3) is 5.91 Å². The average Bonchev–Trinajstić information content (AvgIpc) is 2.58. The zero-order chi connectivity index (χ0) is 19.5. The lowest BCUT2D eigenvalue weighted by molar-refractivity contribution is -0.149. The topological polar surface area (TPSA) is 117 Å². The third-order valence-corrected chi connectivity index (χ3v) is 3.05. The van der Waals surface area contributed by atoms with E-state index in [9.17, 15) is 14.4 Å². The molecule has 0 aliphatic carbocycles. The Labute approximate surface area is 152 Å². The van der Waals surface area contributed by atoms with Crippen molar-refractivity contribution in [3.05, 3.63) is 29.8 Å². The number of ether oxygens (including phenoxy) is 3. The Morgan fingerprint density at radius 2 is 1.92 bits per heavy atom. The Morgan fingerprint density at radius 1 is 1.19 bits per heavy atom. The van der Waals surface area contributed by atoms with Crippen molar-refractivity contribution in [2.24, 2.45) is 5.73 Å².